The van der Waals surface area contributed by atoms with Crippen molar-refractivity contribution in [2.75, 3.05) is 39.6 Å². The van der Waals surface area contributed by atoms with Gasteiger partial charge >= 0.3 is 39.5 Å². The first-order valence-electron chi connectivity index (χ1n) is 41.0. The molecule has 0 fully saturated rings. The molecule has 618 valence electrons. The Morgan fingerprint density at radius 2 is 0.500 bits per heavy atom. The fourth-order valence-electron chi connectivity index (χ4n) is 9.76. The molecule has 0 aliphatic rings. The van der Waals surface area contributed by atoms with E-state index in [1.807, 2.05) is 48.6 Å². The molecule has 3 N–H and O–H groups in total. The second-order valence-corrected chi connectivity index (χ2v) is 29.1. The first kappa shape index (κ1) is 103. The Hall–Kier alpha value is -6.62. The van der Waals surface area contributed by atoms with Crippen LogP contribution in [-0.4, -0.2) is 96.7 Å². The molecule has 0 radical (unpaired) electrons. The van der Waals surface area contributed by atoms with Crippen molar-refractivity contribution in [1.82, 2.24) is 0 Å². The van der Waals surface area contributed by atoms with Gasteiger partial charge < -0.3 is 33.8 Å². The Morgan fingerprint density at radius 1 is 0.264 bits per heavy atom. The van der Waals surface area contributed by atoms with Crippen LogP contribution in [0.1, 0.15) is 272 Å². The number of allylic oxidation sites excluding steroid dienone is 36. The minimum absolute atomic E-state index is 0.00831. The minimum Gasteiger partial charge on any atom is -0.462 e. The van der Waals surface area contributed by atoms with E-state index >= 15 is 0 Å². The molecule has 0 rings (SSSR count). The number of aliphatic hydroxyl groups is 1. The van der Waals surface area contributed by atoms with Crippen molar-refractivity contribution in [3.63, 3.8) is 0 Å². The van der Waals surface area contributed by atoms with Crippen LogP contribution < -0.4 is 0 Å². The van der Waals surface area contributed by atoms with Gasteiger partial charge in [-0.2, -0.15) is 0 Å². The van der Waals surface area contributed by atoms with E-state index in [0.29, 0.717) is 44.9 Å². The largest absolute Gasteiger partial charge is 0.472 e. The average Bonchev–Trinajstić information content (AvgIpc) is 0.906. The van der Waals surface area contributed by atoms with Gasteiger partial charge in [-0.25, -0.2) is 9.13 Å². The first-order chi connectivity index (χ1) is 53.7. The number of carbonyl (C=O) groups is 4. The van der Waals surface area contributed by atoms with Gasteiger partial charge in [-0.3, -0.25) is 37.3 Å². The normalized spacial score (nSPS) is 14.9. The highest BCUT2D eigenvalue weighted by Gasteiger charge is 2.30. The molecule has 110 heavy (non-hydrogen) atoms. The number of aliphatic hydroxyl groups excluding tert-OH is 1. The molecular formula is C91H142O17P2. The van der Waals surface area contributed by atoms with E-state index in [9.17, 15) is 43.2 Å². The summed E-state index contributed by atoms with van der Waals surface area (Å²) in [5.74, 6) is -2.48. The quantitative estimate of drug-likeness (QED) is 0.0169. The highest BCUT2D eigenvalue weighted by Crippen LogP contribution is 2.45. The van der Waals surface area contributed by atoms with Crippen molar-refractivity contribution in [2.45, 2.75) is 290 Å². The molecule has 0 amide bonds. The number of ether oxygens (including phenoxy) is 4. The topological polar surface area (TPSA) is 237 Å². The molecule has 0 heterocycles. The van der Waals surface area contributed by atoms with Crippen molar-refractivity contribution in [2.24, 2.45) is 0 Å². The average molecular weight is 1570 g/mol. The summed E-state index contributed by atoms with van der Waals surface area (Å²) in [5.41, 5.74) is 0. The van der Waals surface area contributed by atoms with Crippen molar-refractivity contribution >= 4 is 39.5 Å². The molecule has 0 aliphatic heterocycles. The van der Waals surface area contributed by atoms with Gasteiger partial charge in [0.25, 0.3) is 0 Å². The molecule has 17 nitrogen and oxygen atoms in total. The number of phosphoric ester groups is 2. The van der Waals surface area contributed by atoms with Crippen molar-refractivity contribution < 1.29 is 80.2 Å². The van der Waals surface area contributed by atoms with Crippen molar-refractivity contribution in [3.05, 3.63) is 219 Å². The van der Waals surface area contributed by atoms with Crippen LogP contribution in [0.2, 0.25) is 0 Å². The third kappa shape index (κ3) is 79.5. The van der Waals surface area contributed by atoms with Gasteiger partial charge in [-0.1, -0.05) is 291 Å². The van der Waals surface area contributed by atoms with Crippen LogP contribution in [-0.2, 0) is 65.4 Å². The number of rotatable bonds is 74. The fraction of sp³-hybridized carbons (Fsp3) is 0.560. The number of phosphoric acid groups is 2. The lowest BCUT2D eigenvalue weighted by Crippen LogP contribution is -2.30. The van der Waals surface area contributed by atoms with Gasteiger partial charge in [-0.15, -0.1) is 0 Å². The van der Waals surface area contributed by atoms with Crippen LogP contribution in [0, 0.1) is 0 Å². The van der Waals surface area contributed by atoms with Gasteiger partial charge in [0, 0.05) is 25.7 Å². The lowest BCUT2D eigenvalue weighted by atomic mass is 10.1. The second-order valence-electron chi connectivity index (χ2n) is 26.2. The highest BCUT2D eigenvalue weighted by atomic mass is 31.2. The van der Waals surface area contributed by atoms with E-state index in [1.54, 1.807) is 0 Å². The summed E-state index contributed by atoms with van der Waals surface area (Å²) in [7, 11) is -10.1. The zero-order valence-corrected chi connectivity index (χ0v) is 69.4. The molecule has 0 aliphatic carbocycles. The number of unbranched alkanes of at least 4 members (excludes halogenated alkanes) is 12. The third-order valence-electron chi connectivity index (χ3n) is 15.9. The summed E-state index contributed by atoms with van der Waals surface area (Å²) in [6.07, 6.45) is 102. The summed E-state index contributed by atoms with van der Waals surface area (Å²) in [6, 6.07) is 0. The molecule has 2 unspecified atom stereocenters. The summed E-state index contributed by atoms with van der Waals surface area (Å²) in [4.78, 5) is 73.1. The Kier molecular flexibility index (Phi) is 75.6. The molecule has 0 bridgehead atoms. The zero-order valence-electron chi connectivity index (χ0n) is 67.6. The molecule has 0 saturated carbocycles. The van der Waals surface area contributed by atoms with Crippen LogP contribution in [0.5, 0.6) is 0 Å². The monoisotopic (exact) mass is 1570 g/mol. The van der Waals surface area contributed by atoms with Gasteiger partial charge in [0.15, 0.2) is 12.2 Å². The molecule has 0 aromatic carbocycles. The Balaban J connectivity index is 5.59. The van der Waals surface area contributed by atoms with Crippen LogP contribution >= 0.6 is 15.6 Å². The Labute approximate surface area is 664 Å². The predicted molar refractivity (Wildman–Crippen MR) is 454 cm³/mol. The first-order valence-corrected chi connectivity index (χ1v) is 44.0. The van der Waals surface area contributed by atoms with Gasteiger partial charge in [0.2, 0.25) is 0 Å². The Morgan fingerprint density at radius 3 is 0.800 bits per heavy atom. The molecule has 0 aromatic rings. The summed E-state index contributed by atoms with van der Waals surface area (Å²) in [6.45, 7) is 4.30. The number of carbonyl (C=O) groups excluding carboxylic acids is 4. The van der Waals surface area contributed by atoms with Gasteiger partial charge in [0.05, 0.1) is 26.4 Å². The molecule has 19 heteroatoms. The lowest BCUT2D eigenvalue weighted by molar-refractivity contribution is -0.161. The molecule has 0 aromatic heterocycles. The van der Waals surface area contributed by atoms with E-state index in [0.717, 1.165) is 135 Å². The zero-order chi connectivity index (χ0) is 80.3. The SMILES string of the molecule is CC/C=C\C/C=C\C/C=C\C/C=C\C/C=C\C/C=C\CCC(=O)OC[C@H](COP(=O)(O)OC[C@@H](O)COP(=O)(O)OC[C@@H](COC(=O)CC/C=C\C/C=C\C/C=C\C/C=C\C/C=C\C/C=C\CC)OC(=O)CCCCCCC/C=C\C/C=C\CCCCC)OC(=O)CCC/C=C\C/C=C\C/C=C\C/C=C\CCCCC. The lowest BCUT2D eigenvalue weighted by Gasteiger charge is -2.21. The molecule has 0 saturated heterocycles. The van der Waals surface area contributed by atoms with Crippen LogP contribution in [0.25, 0.3) is 0 Å². The standard InChI is InChI=1S/C91H142O17P2/c1-5-9-13-17-21-25-29-33-37-40-42-45-48-51-55-59-63-67-71-75-88(93)101-81-86(107-90(95)77-73-69-65-61-57-53-47-36-32-28-24-20-16-12-8-4)83-105-109(97,98)103-79-85(92)80-104-110(99,100)106-84-87(108-91(96)78-74-70-66-62-58-54-50-44-39-35-31-27-23-19-15-11-7-3)82-102-89(94)76-72-68-64-60-56-52-49-46-43-41-38-34-30-26-22-18-14-10-6-2/h9-10,13-14,21-28,33-39,42-43,45-47,50-52,54-56,62-64,66-68,85-87,92H,5-8,11-12,15-20,29-32,40-41,44,48-49,53,57-61,65,69-84H2,1-4H3,(H,97,98)(H,99,100)/b13-9-,14-10-,25-21-,26-22-,27-23-,28-24-,37-33-,38-34-,39-35-,45-42-,46-43-,47-36-,54-50-,55-51-,56-52-,66-62-,67-63-,68-64-/t85-,86+,87+/m0/s1. The van der Waals surface area contributed by atoms with Gasteiger partial charge in [-0.05, 0) is 173 Å². The summed E-state index contributed by atoms with van der Waals surface area (Å²) >= 11 is 0. The maximum Gasteiger partial charge on any atom is 0.472 e. The number of hydrogen-bond donors (Lipinski definition) is 3. The van der Waals surface area contributed by atoms with Gasteiger partial charge in [0.1, 0.15) is 19.3 Å². The van der Waals surface area contributed by atoms with Crippen LogP contribution in [0.4, 0.5) is 0 Å². The van der Waals surface area contributed by atoms with E-state index in [-0.39, 0.29) is 25.7 Å². The number of hydrogen-bond acceptors (Lipinski definition) is 15. The maximum atomic E-state index is 13.1. The van der Waals surface area contributed by atoms with E-state index < -0.39 is 97.5 Å². The van der Waals surface area contributed by atoms with Crippen molar-refractivity contribution in [1.29, 1.82) is 0 Å². The smallest absolute Gasteiger partial charge is 0.462 e. The highest BCUT2D eigenvalue weighted by molar-refractivity contribution is 7.47. The Bertz CT molecular complexity index is 2950. The summed E-state index contributed by atoms with van der Waals surface area (Å²) in [5, 5.41) is 10.7. The van der Waals surface area contributed by atoms with Crippen LogP contribution in [0.15, 0.2) is 219 Å². The number of esters is 4. The van der Waals surface area contributed by atoms with E-state index in [1.165, 1.54) is 38.5 Å². The molecule has 0 spiro atoms. The minimum atomic E-state index is -5.03. The second kappa shape index (κ2) is 80.4. The fourth-order valence-corrected chi connectivity index (χ4v) is 11.3. The van der Waals surface area contributed by atoms with Crippen LogP contribution in [0.3, 0.4) is 0 Å². The van der Waals surface area contributed by atoms with Crippen molar-refractivity contribution in [3.8, 4) is 0 Å². The maximum absolute atomic E-state index is 13.1. The molecular weight excluding hydrogens is 1430 g/mol. The summed E-state index contributed by atoms with van der Waals surface area (Å²) < 4.78 is 68.4. The van der Waals surface area contributed by atoms with E-state index in [2.05, 4.69) is 198 Å². The third-order valence-corrected chi connectivity index (χ3v) is 17.8. The van der Waals surface area contributed by atoms with E-state index in [4.69, 9.17) is 37.0 Å². The predicted octanol–water partition coefficient (Wildman–Crippen LogP) is 24.4. The molecule has 5 atom stereocenters.